The van der Waals surface area contributed by atoms with Crippen molar-refractivity contribution in [3.05, 3.63) is 77.7 Å². The summed E-state index contributed by atoms with van der Waals surface area (Å²) in [6, 6.07) is 18.2. The van der Waals surface area contributed by atoms with Crippen molar-refractivity contribution in [1.29, 1.82) is 0 Å². The molecular weight excluding hydrogens is 318 g/mol. The zero-order chi connectivity index (χ0) is 17.6. The second-order valence-corrected chi connectivity index (χ2v) is 5.55. The maximum absolute atomic E-state index is 12.2. The third-order valence-corrected chi connectivity index (χ3v) is 3.60. The van der Waals surface area contributed by atoms with Crippen LogP contribution in [0.5, 0.6) is 11.5 Å². The van der Waals surface area contributed by atoms with Crippen molar-refractivity contribution in [3.8, 4) is 11.5 Å². The SMILES string of the molecule is COc1ccc(OCc2ccc(C(=O)Nc3cccc(C)c3)o2)cc1. The molecule has 25 heavy (non-hydrogen) atoms. The van der Waals surface area contributed by atoms with Gasteiger partial charge in [-0.05, 0) is 61.0 Å². The lowest BCUT2D eigenvalue weighted by Crippen LogP contribution is -2.10. The average Bonchev–Trinajstić information content (AvgIpc) is 3.09. The molecule has 3 aromatic rings. The number of nitrogens with one attached hydrogen (secondary N) is 1. The predicted molar refractivity (Wildman–Crippen MR) is 95.2 cm³/mol. The lowest BCUT2D eigenvalue weighted by Gasteiger charge is -2.06. The van der Waals surface area contributed by atoms with Crippen LogP contribution in [0.3, 0.4) is 0 Å². The summed E-state index contributed by atoms with van der Waals surface area (Å²) in [5.41, 5.74) is 1.81. The van der Waals surface area contributed by atoms with E-state index in [0.717, 1.165) is 17.0 Å². The molecule has 0 saturated heterocycles. The maximum atomic E-state index is 12.2. The Bertz CT molecular complexity index is 852. The lowest BCUT2D eigenvalue weighted by molar-refractivity contribution is 0.0992. The Balaban J connectivity index is 1.58. The Morgan fingerprint density at radius 1 is 1.04 bits per heavy atom. The summed E-state index contributed by atoms with van der Waals surface area (Å²) in [5, 5.41) is 2.81. The summed E-state index contributed by atoms with van der Waals surface area (Å²) in [6.45, 7) is 2.21. The van der Waals surface area contributed by atoms with Gasteiger partial charge in [0.25, 0.3) is 5.91 Å². The highest BCUT2D eigenvalue weighted by molar-refractivity contribution is 6.02. The van der Waals surface area contributed by atoms with E-state index >= 15 is 0 Å². The van der Waals surface area contributed by atoms with Gasteiger partial charge >= 0.3 is 0 Å². The van der Waals surface area contributed by atoms with Crippen LogP contribution in [0, 0.1) is 6.92 Å². The highest BCUT2D eigenvalue weighted by Gasteiger charge is 2.12. The van der Waals surface area contributed by atoms with Gasteiger partial charge < -0.3 is 19.2 Å². The molecule has 1 amide bonds. The molecule has 5 nitrogen and oxygen atoms in total. The minimum atomic E-state index is -0.290. The molecule has 0 spiro atoms. The number of benzene rings is 2. The molecule has 0 aliphatic heterocycles. The number of hydrogen-bond acceptors (Lipinski definition) is 4. The normalized spacial score (nSPS) is 10.3. The van der Waals surface area contributed by atoms with E-state index in [0.29, 0.717) is 11.5 Å². The van der Waals surface area contributed by atoms with Gasteiger partial charge in [-0.25, -0.2) is 0 Å². The van der Waals surface area contributed by atoms with Gasteiger partial charge in [-0.15, -0.1) is 0 Å². The number of carbonyl (C=O) groups excluding carboxylic acids is 1. The Kier molecular flexibility index (Phi) is 5.04. The van der Waals surface area contributed by atoms with Gasteiger partial charge in [0, 0.05) is 5.69 Å². The van der Waals surface area contributed by atoms with E-state index in [9.17, 15) is 4.79 Å². The molecular formula is C20H19NO4. The first-order chi connectivity index (χ1) is 12.1. The van der Waals surface area contributed by atoms with Crippen molar-refractivity contribution < 1.29 is 18.7 Å². The second-order valence-electron chi connectivity index (χ2n) is 5.55. The molecule has 1 aromatic heterocycles. The molecule has 0 aliphatic carbocycles. The summed E-state index contributed by atoms with van der Waals surface area (Å²) in [7, 11) is 1.61. The molecule has 2 aromatic carbocycles. The van der Waals surface area contributed by atoms with Crippen molar-refractivity contribution in [2.24, 2.45) is 0 Å². The zero-order valence-corrected chi connectivity index (χ0v) is 14.1. The maximum Gasteiger partial charge on any atom is 0.291 e. The molecule has 128 valence electrons. The number of methoxy groups -OCH3 is 1. The second kappa shape index (κ2) is 7.57. The van der Waals surface area contributed by atoms with Crippen molar-refractivity contribution in [3.63, 3.8) is 0 Å². The van der Waals surface area contributed by atoms with Crippen LogP contribution in [0.15, 0.2) is 65.1 Å². The van der Waals surface area contributed by atoms with Gasteiger partial charge in [0.05, 0.1) is 7.11 Å². The first-order valence-electron chi connectivity index (χ1n) is 7.87. The van der Waals surface area contributed by atoms with E-state index in [2.05, 4.69) is 5.32 Å². The lowest BCUT2D eigenvalue weighted by atomic mass is 10.2. The van der Waals surface area contributed by atoms with Crippen LogP contribution in [0.4, 0.5) is 5.69 Å². The monoisotopic (exact) mass is 337 g/mol. The molecule has 0 saturated carbocycles. The molecule has 0 fully saturated rings. The topological polar surface area (TPSA) is 60.7 Å². The smallest absolute Gasteiger partial charge is 0.291 e. The molecule has 1 N–H and O–H groups in total. The first kappa shape index (κ1) is 16.6. The Labute approximate surface area is 146 Å². The fourth-order valence-electron chi connectivity index (χ4n) is 2.32. The molecule has 0 radical (unpaired) electrons. The van der Waals surface area contributed by atoms with Crippen molar-refractivity contribution in [1.82, 2.24) is 0 Å². The fourth-order valence-corrected chi connectivity index (χ4v) is 2.32. The number of furan rings is 1. The zero-order valence-electron chi connectivity index (χ0n) is 14.1. The number of anilines is 1. The van der Waals surface area contributed by atoms with Crippen molar-refractivity contribution in [2.45, 2.75) is 13.5 Å². The first-order valence-corrected chi connectivity index (χ1v) is 7.87. The molecule has 0 bridgehead atoms. The highest BCUT2D eigenvalue weighted by atomic mass is 16.5. The van der Waals surface area contributed by atoms with Crippen LogP contribution in [0.25, 0.3) is 0 Å². The number of ether oxygens (including phenoxy) is 2. The van der Waals surface area contributed by atoms with E-state index in [4.69, 9.17) is 13.9 Å². The quantitative estimate of drug-likeness (QED) is 0.723. The van der Waals surface area contributed by atoms with Crippen LogP contribution in [0.2, 0.25) is 0 Å². The van der Waals surface area contributed by atoms with E-state index in [1.54, 1.807) is 19.2 Å². The molecule has 1 heterocycles. The summed E-state index contributed by atoms with van der Waals surface area (Å²) in [6.07, 6.45) is 0. The summed E-state index contributed by atoms with van der Waals surface area (Å²) in [4.78, 5) is 12.2. The van der Waals surface area contributed by atoms with Crippen LogP contribution < -0.4 is 14.8 Å². The number of rotatable bonds is 6. The molecule has 5 heteroatoms. The third kappa shape index (κ3) is 4.41. The Hall–Kier alpha value is -3.21. The molecule has 3 rings (SSSR count). The number of amides is 1. The number of hydrogen-bond donors (Lipinski definition) is 1. The van der Waals surface area contributed by atoms with Gasteiger partial charge in [-0.1, -0.05) is 12.1 Å². The van der Waals surface area contributed by atoms with Crippen LogP contribution in [0.1, 0.15) is 21.9 Å². The van der Waals surface area contributed by atoms with E-state index in [-0.39, 0.29) is 18.3 Å². The van der Waals surface area contributed by atoms with Crippen LogP contribution in [-0.4, -0.2) is 13.0 Å². The van der Waals surface area contributed by atoms with Gasteiger partial charge in [0.15, 0.2) is 5.76 Å². The minimum Gasteiger partial charge on any atom is -0.497 e. The summed E-state index contributed by atoms with van der Waals surface area (Å²) < 4.78 is 16.3. The number of carbonyl (C=O) groups is 1. The predicted octanol–water partition coefficient (Wildman–Crippen LogP) is 4.43. The average molecular weight is 337 g/mol. The minimum absolute atomic E-state index is 0.240. The largest absolute Gasteiger partial charge is 0.497 e. The Morgan fingerprint density at radius 2 is 1.80 bits per heavy atom. The standard InChI is InChI=1S/C20H19NO4/c1-14-4-3-5-15(12-14)21-20(22)19-11-10-18(25-19)13-24-17-8-6-16(23-2)7-9-17/h3-12H,13H2,1-2H3,(H,21,22). The van der Waals surface area contributed by atoms with E-state index in [1.807, 2.05) is 55.5 Å². The molecule has 0 aliphatic rings. The Morgan fingerprint density at radius 3 is 2.52 bits per heavy atom. The molecule has 0 atom stereocenters. The molecule has 0 unspecified atom stereocenters. The number of aryl methyl sites for hydroxylation is 1. The van der Waals surface area contributed by atoms with E-state index in [1.165, 1.54) is 0 Å². The van der Waals surface area contributed by atoms with Gasteiger partial charge in [0.1, 0.15) is 23.9 Å². The van der Waals surface area contributed by atoms with Crippen LogP contribution in [-0.2, 0) is 6.61 Å². The fraction of sp³-hybridized carbons (Fsp3) is 0.150. The summed E-state index contributed by atoms with van der Waals surface area (Å²) in [5.74, 6) is 1.99. The van der Waals surface area contributed by atoms with Gasteiger partial charge in [-0.3, -0.25) is 4.79 Å². The van der Waals surface area contributed by atoms with Crippen LogP contribution >= 0.6 is 0 Å². The van der Waals surface area contributed by atoms with Gasteiger partial charge in [0.2, 0.25) is 0 Å². The van der Waals surface area contributed by atoms with E-state index < -0.39 is 0 Å². The highest BCUT2D eigenvalue weighted by Crippen LogP contribution is 2.19. The third-order valence-electron chi connectivity index (χ3n) is 3.60. The van der Waals surface area contributed by atoms with Gasteiger partial charge in [-0.2, -0.15) is 0 Å². The van der Waals surface area contributed by atoms with Crippen molar-refractivity contribution in [2.75, 3.05) is 12.4 Å². The summed E-state index contributed by atoms with van der Waals surface area (Å²) >= 11 is 0. The van der Waals surface area contributed by atoms with Crippen molar-refractivity contribution >= 4 is 11.6 Å².